The van der Waals surface area contributed by atoms with Crippen molar-refractivity contribution < 1.29 is 19.4 Å². The van der Waals surface area contributed by atoms with Crippen molar-refractivity contribution in [1.29, 1.82) is 0 Å². The van der Waals surface area contributed by atoms with Gasteiger partial charge in [0.05, 0.1) is 17.3 Å². The zero-order valence-corrected chi connectivity index (χ0v) is 16.1. The predicted octanol–water partition coefficient (Wildman–Crippen LogP) is 3.63. The number of para-hydroxylation sites is 2. The Morgan fingerprint density at radius 3 is 2.67 bits per heavy atom. The standard InChI is InChI=1S/C21H22ClNO4/c1-14-7-5-8-16-19(14)23(20(25)21(16,26)13-15(2)24)11-6-12-27-18-10-4-3-9-17(18)22/h3-5,7-10,26H,6,11-13H2,1-2H3. The van der Waals surface area contributed by atoms with E-state index in [4.69, 9.17) is 16.3 Å². The van der Waals surface area contributed by atoms with Crippen molar-refractivity contribution in [3.05, 3.63) is 58.6 Å². The molecule has 1 unspecified atom stereocenters. The molecule has 27 heavy (non-hydrogen) atoms. The lowest BCUT2D eigenvalue weighted by Crippen LogP contribution is -2.42. The number of aliphatic hydroxyl groups is 1. The minimum atomic E-state index is -1.79. The Balaban J connectivity index is 1.75. The molecule has 2 aromatic carbocycles. The molecule has 0 radical (unpaired) electrons. The maximum Gasteiger partial charge on any atom is 0.264 e. The predicted molar refractivity (Wildman–Crippen MR) is 104 cm³/mol. The Morgan fingerprint density at radius 2 is 1.96 bits per heavy atom. The number of amides is 1. The van der Waals surface area contributed by atoms with Crippen LogP contribution in [-0.2, 0) is 15.2 Å². The second-order valence-corrected chi connectivity index (χ2v) is 7.21. The van der Waals surface area contributed by atoms with Crippen molar-refractivity contribution in [2.45, 2.75) is 32.3 Å². The van der Waals surface area contributed by atoms with Crippen LogP contribution in [0.3, 0.4) is 0 Å². The molecule has 1 N–H and O–H groups in total. The lowest BCUT2D eigenvalue weighted by atomic mass is 9.89. The molecule has 1 aliphatic heterocycles. The third-order valence-electron chi connectivity index (χ3n) is 4.68. The fourth-order valence-electron chi connectivity index (χ4n) is 3.50. The van der Waals surface area contributed by atoms with Crippen molar-refractivity contribution in [3.8, 4) is 5.75 Å². The van der Waals surface area contributed by atoms with Crippen LogP contribution >= 0.6 is 11.6 Å². The van der Waals surface area contributed by atoms with Gasteiger partial charge in [0.1, 0.15) is 11.5 Å². The number of carbonyl (C=O) groups excluding carboxylic acids is 2. The molecule has 142 valence electrons. The van der Waals surface area contributed by atoms with Gasteiger partial charge in [-0.2, -0.15) is 0 Å². The van der Waals surface area contributed by atoms with Gasteiger partial charge < -0.3 is 14.7 Å². The van der Waals surface area contributed by atoms with Crippen molar-refractivity contribution >= 4 is 29.0 Å². The van der Waals surface area contributed by atoms with Crippen LogP contribution in [0.1, 0.15) is 30.9 Å². The number of Topliss-reactive ketones (excluding diaryl/α,β-unsaturated/α-hetero) is 1. The molecular weight excluding hydrogens is 366 g/mol. The van der Waals surface area contributed by atoms with Crippen molar-refractivity contribution in [1.82, 2.24) is 0 Å². The average Bonchev–Trinajstić information content (AvgIpc) is 2.82. The van der Waals surface area contributed by atoms with Gasteiger partial charge in [0, 0.05) is 18.5 Å². The molecule has 0 spiro atoms. The molecule has 5 nitrogen and oxygen atoms in total. The number of ketones is 1. The lowest BCUT2D eigenvalue weighted by molar-refractivity contribution is -0.141. The van der Waals surface area contributed by atoms with E-state index in [1.54, 1.807) is 29.2 Å². The van der Waals surface area contributed by atoms with E-state index >= 15 is 0 Å². The Bertz CT molecular complexity index is 882. The minimum Gasteiger partial charge on any atom is -0.492 e. The first-order valence-electron chi connectivity index (χ1n) is 8.86. The van der Waals surface area contributed by atoms with Gasteiger partial charge in [-0.25, -0.2) is 0 Å². The van der Waals surface area contributed by atoms with E-state index in [-0.39, 0.29) is 12.2 Å². The zero-order chi connectivity index (χ0) is 19.6. The van der Waals surface area contributed by atoms with E-state index in [0.29, 0.717) is 41.6 Å². The smallest absolute Gasteiger partial charge is 0.264 e. The van der Waals surface area contributed by atoms with Gasteiger partial charge in [-0.1, -0.05) is 41.9 Å². The van der Waals surface area contributed by atoms with E-state index < -0.39 is 11.5 Å². The Labute approximate surface area is 163 Å². The van der Waals surface area contributed by atoms with Crippen LogP contribution in [-0.4, -0.2) is 29.9 Å². The van der Waals surface area contributed by atoms with E-state index in [2.05, 4.69) is 0 Å². The molecule has 0 saturated heterocycles. The fourth-order valence-corrected chi connectivity index (χ4v) is 3.69. The lowest BCUT2D eigenvalue weighted by Gasteiger charge is -2.22. The second-order valence-electron chi connectivity index (χ2n) is 6.80. The first-order chi connectivity index (χ1) is 12.8. The summed E-state index contributed by atoms with van der Waals surface area (Å²) >= 11 is 6.07. The number of hydrogen-bond donors (Lipinski definition) is 1. The number of hydrogen-bond acceptors (Lipinski definition) is 4. The highest BCUT2D eigenvalue weighted by atomic mass is 35.5. The van der Waals surface area contributed by atoms with E-state index in [9.17, 15) is 14.7 Å². The van der Waals surface area contributed by atoms with Crippen LogP contribution in [0.5, 0.6) is 5.75 Å². The third-order valence-corrected chi connectivity index (χ3v) is 4.99. The van der Waals surface area contributed by atoms with Gasteiger partial charge in [-0.3, -0.25) is 9.59 Å². The van der Waals surface area contributed by atoms with Crippen molar-refractivity contribution in [2.24, 2.45) is 0 Å². The second kappa shape index (κ2) is 7.71. The largest absolute Gasteiger partial charge is 0.492 e. The molecule has 1 atom stereocenters. The normalized spacial score (nSPS) is 18.5. The first kappa shape index (κ1) is 19.4. The summed E-state index contributed by atoms with van der Waals surface area (Å²) in [7, 11) is 0. The molecule has 0 saturated carbocycles. The molecule has 0 aromatic heterocycles. The number of halogens is 1. The van der Waals surface area contributed by atoms with Crippen LogP contribution < -0.4 is 9.64 Å². The van der Waals surface area contributed by atoms with Crippen LogP contribution in [0.25, 0.3) is 0 Å². The van der Waals surface area contributed by atoms with Gasteiger partial charge in [0.25, 0.3) is 5.91 Å². The number of anilines is 1. The Hall–Kier alpha value is -2.37. The van der Waals surface area contributed by atoms with Gasteiger partial charge in [0.2, 0.25) is 0 Å². The number of nitrogens with zero attached hydrogens (tertiary/aromatic N) is 1. The summed E-state index contributed by atoms with van der Waals surface area (Å²) in [6.07, 6.45) is 0.329. The molecule has 6 heteroatoms. The molecular formula is C21H22ClNO4. The number of carbonyl (C=O) groups is 2. The summed E-state index contributed by atoms with van der Waals surface area (Å²) in [5.41, 5.74) is 0.266. The van der Waals surface area contributed by atoms with E-state index in [0.717, 1.165) is 5.56 Å². The van der Waals surface area contributed by atoms with Crippen LogP contribution in [0.2, 0.25) is 5.02 Å². The van der Waals surface area contributed by atoms with Crippen LogP contribution in [0.15, 0.2) is 42.5 Å². The molecule has 1 amide bonds. The molecule has 3 rings (SSSR count). The summed E-state index contributed by atoms with van der Waals surface area (Å²) < 4.78 is 5.68. The van der Waals surface area contributed by atoms with Gasteiger partial charge in [-0.05, 0) is 38.0 Å². The maximum atomic E-state index is 13.0. The summed E-state index contributed by atoms with van der Waals surface area (Å²) in [6, 6.07) is 12.6. The van der Waals surface area contributed by atoms with E-state index in [1.807, 2.05) is 25.1 Å². The Morgan fingerprint density at radius 1 is 1.22 bits per heavy atom. The number of aryl methyl sites for hydroxylation is 1. The summed E-state index contributed by atoms with van der Waals surface area (Å²) in [5, 5.41) is 11.5. The van der Waals surface area contributed by atoms with Crippen LogP contribution in [0, 0.1) is 6.92 Å². The quantitative estimate of drug-likeness (QED) is 0.737. The Kier molecular flexibility index (Phi) is 5.53. The first-order valence-corrected chi connectivity index (χ1v) is 9.23. The minimum absolute atomic E-state index is 0.227. The molecule has 1 heterocycles. The molecule has 0 bridgehead atoms. The number of fused-ring (bicyclic) bond motifs is 1. The highest BCUT2D eigenvalue weighted by Gasteiger charge is 2.50. The summed E-state index contributed by atoms with van der Waals surface area (Å²) in [6.45, 7) is 4.01. The third kappa shape index (κ3) is 3.70. The van der Waals surface area contributed by atoms with Crippen molar-refractivity contribution in [3.63, 3.8) is 0 Å². The molecule has 1 aliphatic rings. The topological polar surface area (TPSA) is 66.8 Å². The highest BCUT2D eigenvalue weighted by molar-refractivity contribution is 6.32. The van der Waals surface area contributed by atoms with E-state index in [1.165, 1.54) is 6.92 Å². The fraction of sp³-hybridized carbons (Fsp3) is 0.333. The number of benzene rings is 2. The maximum absolute atomic E-state index is 13.0. The zero-order valence-electron chi connectivity index (χ0n) is 15.4. The molecule has 0 aliphatic carbocycles. The van der Waals surface area contributed by atoms with Crippen molar-refractivity contribution in [2.75, 3.05) is 18.1 Å². The SMILES string of the molecule is CC(=O)CC1(O)C(=O)N(CCCOc2ccccc2Cl)c2c(C)cccc21. The highest BCUT2D eigenvalue weighted by Crippen LogP contribution is 2.44. The van der Waals surface area contributed by atoms with Gasteiger partial charge in [-0.15, -0.1) is 0 Å². The number of rotatable bonds is 7. The molecule has 0 fully saturated rings. The summed E-state index contributed by atoms with van der Waals surface area (Å²) in [5.74, 6) is -0.0986. The van der Waals surface area contributed by atoms with Crippen LogP contribution in [0.4, 0.5) is 5.69 Å². The van der Waals surface area contributed by atoms with Gasteiger partial charge in [0.15, 0.2) is 5.60 Å². The van der Waals surface area contributed by atoms with Gasteiger partial charge >= 0.3 is 0 Å². The average molecular weight is 388 g/mol. The number of ether oxygens (including phenoxy) is 1. The monoisotopic (exact) mass is 387 g/mol. The molecule has 2 aromatic rings. The summed E-state index contributed by atoms with van der Waals surface area (Å²) in [4.78, 5) is 26.1.